The van der Waals surface area contributed by atoms with Crippen LogP contribution in [0.1, 0.15) is 18.9 Å². The molecule has 0 bridgehead atoms. The van der Waals surface area contributed by atoms with Gasteiger partial charge in [-0.25, -0.2) is 0 Å². The zero-order valence-corrected chi connectivity index (χ0v) is 10.6. The first-order chi connectivity index (χ1) is 7.53. The van der Waals surface area contributed by atoms with Crippen LogP contribution >= 0.6 is 23.2 Å². The molecule has 1 aromatic carbocycles. The second kappa shape index (κ2) is 4.53. The van der Waals surface area contributed by atoms with Crippen molar-refractivity contribution in [3.63, 3.8) is 0 Å². The first kappa shape index (κ1) is 12.2. The molecule has 0 spiro atoms. The fraction of sp³-hybridized carbons (Fsp3) is 0.500. The lowest BCUT2D eigenvalue weighted by Crippen LogP contribution is -2.38. The predicted molar refractivity (Wildman–Crippen MR) is 65.1 cm³/mol. The maximum Gasteiger partial charge on any atom is 0.0968 e. The van der Waals surface area contributed by atoms with Gasteiger partial charge in [-0.05, 0) is 24.6 Å². The number of benzene rings is 1. The van der Waals surface area contributed by atoms with E-state index in [1.54, 1.807) is 18.2 Å². The van der Waals surface area contributed by atoms with Crippen LogP contribution in [0.4, 0.5) is 0 Å². The van der Waals surface area contributed by atoms with Crippen LogP contribution in [-0.4, -0.2) is 23.4 Å². The molecular formula is C12H14Cl2O2. The molecule has 0 aliphatic carbocycles. The lowest BCUT2D eigenvalue weighted by atomic mass is 9.89. The SMILES string of the molecule is CC1OCCC1(O)Cc1c(Cl)cccc1Cl. The molecule has 16 heavy (non-hydrogen) atoms. The monoisotopic (exact) mass is 260 g/mol. The Morgan fingerprint density at radius 3 is 2.56 bits per heavy atom. The van der Waals surface area contributed by atoms with Crippen LogP contribution in [-0.2, 0) is 11.2 Å². The van der Waals surface area contributed by atoms with E-state index in [0.29, 0.717) is 29.5 Å². The molecule has 1 N–H and O–H groups in total. The molecule has 0 amide bonds. The highest BCUT2D eigenvalue weighted by Gasteiger charge is 2.40. The van der Waals surface area contributed by atoms with Crippen LogP contribution in [0.15, 0.2) is 18.2 Å². The van der Waals surface area contributed by atoms with Crippen LogP contribution in [0.3, 0.4) is 0 Å². The minimum absolute atomic E-state index is 0.181. The van der Waals surface area contributed by atoms with Crippen molar-refractivity contribution in [1.29, 1.82) is 0 Å². The summed E-state index contributed by atoms with van der Waals surface area (Å²) < 4.78 is 5.38. The summed E-state index contributed by atoms with van der Waals surface area (Å²) in [4.78, 5) is 0. The summed E-state index contributed by atoms with van der Waals surface area (Å²) in [5.74, 6) is 0. The lowest BCUT2D eigenvalue weighted by molar-refractivity contribution is -0.0268. The van der Waals surface area contributed by atoms with Gasteiger partial charge in [0.2, 0.25) is 0 Å². The topological polar surface area (TPSA) is 29.5 Å². The summed E-state index contributed by atoms with van der Waals surface area (Å²) >= 11 is 12.2. The van der Waals surface area contributed by atoms with Crippen molar-refractivity contribution < 1.29 is 9.84 Å². The molecule has 0 radical (unpaired) electrons. The Morgan fingerprint density at radius 2 is 2.06 bits per heavy atom. The predicted octanol–water partition coefficient (Wildman–Crippen LogP) is 3.08. The van der Waals surface area contributed by atoms with Gasteiger partial charge in [-0.15, -0.1) is 0 Å². The van der Waals surface area contributed by atoms with E-state index in [1.165, 1.54) is 0 Å². The summed E-state index contributed by atoms with van der Waals surface area (Å²) in [6.07, 6.45) is 0.877. The van der Waals surface area contributed by atoms with Crippen molar-refractivity contribution in [2.24, 2.45) is 0 Å². The molecule has 0 saturated carbocycles. The van der Waals surface area contributed by atoms with Gasteiger partial charge in [-0.3, -0.25) is 0 Å². The van der Waals surface area contributed by atoms with E-state index < -0.39 is 5.60 Å². The minimum Gasteiger partial charge on any atom is -0.387 e. The Hall–Kier alpha value is -0.280. The number of aliphatic hydroxyl groups is 1. The van der Waals surface area contributed by atoms with E-state index in [2.05, 4.69) is 0 Å². The quantitative estimate of drug-likeness (QED) is 0.886. The number of ether oxygens (including phenoxy) is 1. The van der Waals surface area contributed by atoms with Gasteiger partial charge in [-0.2, -0.15) is 0 Å². The fourth-order valence-electron chi connectivity index (χ4n) is 2.01. The average molecular weight is 261 g/mol. The van der Waals surface area contributed by atoms with E-state index in [1.807, 2.05) is 6.92 Å². The Labute approximate surface area is 105 Å². The van der Waals surface area contributed by atoms with E-state index in [9.17, 15) is 5.11 Å². The molecular weight excluding hydrogens is 247 g/mol. The average Bonchev–Trinajstić information content (AvgIpc) is 2.54. The first-order valence-corrected chi connectivity index (χ1v) is 6.05. The minimum atomic E-state index is -0.853. The summed E-state index contributed by atoms with van der Waals surface area (Å²) in [6.45, 7) is 2.46. The Kier molecular flexibility index (Phi) is 3.45. The maximum atomic E-state index is 10.4. The summed E-state index contributed by atoms with van der Waals surface area (Å²) in [6, 6.07) is 5.37. The molecule has 0 aromatic heterocycles. The highest BCUT2D eigenvalue weighted by Crippen LogP contribution is 2.34. The molecule has 1 aliphatic rings. The Morgan fingerprint density at radius 1 is 1.44 bits per heavy atom. The molecule has 1 aliphatic heterocycles. The van der Waals surface area contributed by atoms with Gasteiger partial charge >= 0.3 is 0 Å². The summed E-state index contributed by atoms with van der Waals surface area (Å²) in [5.41, 5.74) is -0.0556. The zero-order valence-electron chi connectivity index (χ0n) is 9.04. The van der Waals surface area contributed by atoms with Gasteiger partial charge in [0.25, 0.3) is 0 Å². The fourth-order valence-corrected chi connectivity index (χ4v) is 2.54. The Balaban J connectivity index is 2.27. The molecule has 88 valence electrons. The van der Waals surface area contributed by atoms with Crippen LogP contribution in [0.25, 0.3) is 0 Å². The van der Waals surface area contributed by atoms with Crippen LogP contribution in [0, 0.1) is 0 Å². The van der Waals surface area contributed by atoms with E-state index in [4.69, 9.17) is 27.9 Å². The summed E-state index contributed by atoms with van der Waals surface area (Å²) in [7, 11) is 0. The van der Waals surface area contributed by atoms with E-state index >= 15 is 0 Å². The van der Waals surface area contributed by atoms with Gasteiger partial charge in [-0.1, -0.05) is 29.3 Å². The highest BCUT2D eigenvalue weighted by atomic mass is 35.5. The number of hydrogen-bond donors (Lipinski definition) is 1. The third kappa shape index (κ3) is 2.21. The van der Waals surface area contributed by atoms with Gasteiger partial charge in [0, 0.05) is 29.5 Å². The molecule has 2 rings (SSSR count). The largest absolute Gasteiger partial charge is 0.387 e. The molecule has 1 heterocycles. The molecule has 1 fully saturated rings. The van der Waals surface area contributed by atoms with Gasteiger partial charge in [0.05, 0.1) is 11.7 Å². The van der Waals surface area contributed by atoms with Crippen molar-refractivity contribution in [2.45, 2.75) is 31.5 Å². The lowest BCUT2D eigenvalue weighted by Gasteiger charge is -2.26. The Bertz CT molecular complexity index is 374. The standard InChI is InChI=1S/C12H14Cl2O2/c1-8-12(15,5-6-16-8)7-9-10(13)3-2-4-11(9)14/h2-4,8,15H,5-7H2,1H3. The number of halogens is 2. The van der Waals surface area contributed by atoms with Crippen molar-refractivity contribution in [3.05, 3.63) is 33.8 Å². The van der Waals surface area contributed by atoms with Crippen LogP contribution in [0.2, 0.25) is 10.0 Å². The van der Waals surface area contributed by atoms with Crippen molar-refractivity contribution in [3.8, 4) is 0 Å². The number of rotatable bonds is 2. The first-order valence-electron chi connectivity index (χ1n) is 5.30. The molecule has 2 nitrogen and oxygen atoms in total. The zero-order chi connectivity index (χ0) is 11.8. The van der Waals surface area contributed by atoms with E-state index in [-0.39, 0.29) is 6.10 Å². The van der Waals surface area contributed by atoms with Crippen molar-refractivity contribution in [1.82, 2.24) is 0 Å². The number of hydrogen-bond acceptors (Lipinski definition) is 2. The molecule has 4 heteroatoms. The third-order valence-electron chi connectivity index (χ3n) is 3.20. The van der Waals surface area contributed by atoms with Gasteiger partial charge in [0.1, 0.15) is 0 Å². The van der Waals surface area contributed by atoms with Gasteiger partial charge in [0.15, 0.2) is 0 Å². The molecule has 2 atom stereocenters. The third-order valence-corrected chi connectivity index (χ3v) is 3.91. The van der Waals surface area contributed by atoms with Gasteiger partial charge < -0.3 is 9.84 Å². The smallest absolute Gasteiger partial charge is 0.0968 e. The van der Waals surface area contributed by atoms with Crippen molar-refractivity contribution in [2.75, 3.05) is 6.61 Å². The normalized spacial score (nSPS) is 29.6. The molecule has 1 aromatic rings. The molecule has 2 unspecified atom stereocenters. The highest BCUT2D eigenvalue weighted by molar-refractivity contribution is 6.36. The second-order valence-electron chi connectivity index (χ2n) is 4.24. The van der Waals surface area contributed by atoms with E-state index in [0.717, 1.165) is 5.56 Å². The van der Waals surface area contributed by atoms with Crippen LogP contribution < -0.4 is 0 Å². The van der Waals surface area contributed by atoms with Crippen molar-refractivity contribution >= 4 is 23.2 Å². The second-order valence-corrected chi connectivity index (χ2v) is 5.06. The summed E-state index contributed by atoms with van der Waals surface area (Å²) in [5, 5.41) is 11.6. The molecule has 1 saturated heterocycles. The maximum absolute atomic E-state index is 10.4. The van der Waals surface area contributed by atoms with Crippen LogP contribution in [0.5, 0.6) is 0 Å².